The van der Waals surface area contributed by atoms with E-state index in [2.05, 4.69) is 0 Å². The third-order valence-electron chi connectivity index (χ3n) is 3.70. The minimum Gasteiger partial charge on any atom is -0.449 e. The number of benzene rings is 2. The molecule has 0 saturated carbocycles. The molecule has 0 aliphatic heterocycles. The van der Waals surface area contributed by atoms with Crippen LogP contribution in [0.5, 0.6) is 0 Å². The number of rotatable bonds is 7. The number of ether oxygens (including phenoxy) is 1. The molecular weight excluding hydrogens is 364 g/mol. The van der Waals surface area contributed by atoms with E-state index in [-0.39, 0.29) is 18.9 Å². The van der Waals surface area contributed by atoms with Crippen LogP contribution in [0.4, 0.5) is 5.69 Å². The van der Waals surface area contributed by atoms with Crippen LogP contribution in [0.2, 0.25) is 5.02 Å². The SMILES string of the molecule is CC(OC(=O)/C=C/c1ccc(Cl)cc1)C(=O)N(CCC#N)c1ccccc1. The summed E-state index contributed by atoms with van der Waals surface area (Å²) in [6, 6.07) is 17.9. The molecule has 0 aromatic heterocycles. The Labute approximate surface area is 163 Å². The predicted octanol–water partition coefficient (Wildman–Crippen LogP) is 4.23. The van der Waals surface area contributed by atoms with Gasteiger partial charge in [-0.1, -0.05) is 41.9 Å². The molecule has 6 heteroatoms. The number of para-hydroxylation sites is 1. The van der Waals surface area contributed by atoms with Gasteiger partial charge in [0.15, 0.2) is 6.10 Å². The quantitative estimate of drug-likeness (QED) is 0.530. The van der Waals surface area contributed by atoms with Crippen LogP contribution >= 0.6 is 11.6 Å². The van der Waals surface area contributed by atoms with Crippen LogP contribution in [0, 0.1) is 11.3 Å². The fourth-order valence-electron chi connectivity index (χ4n) is 2.36. The van der Waals surface area contributed by atoms with Crippen molar-refractivity contribution in [2.24, 2.45) is 0 Å². The molecule has 0 radical (unpaired) electrons. The smallest absolute Gasteiger partial charge is 0.331 e. The van der Waals surface area contributed by atoms with E-state index >= 15 is 0 Å². The molecule has 2 aromatic carbocycles. The molecule has 1 atom stereocenters. The van der Waals surface area contributed by atoms with E-state index in [1.165, 1.54) is 17.9 Å². The van der Waals surface area contributed by atoms with Gasteiger partial charge in [0, 0.05) is 23.3 Å². The minimum absolute atomic E-state index is 0.178. The highest BCUT2D eigenvalue weighted by Gasteiger charge is 2.24. The second-order valence-corrected chi connectivity index (χ2v) is 6.13. The number of anilines is 1. The zero-order valence-electron chi connectivity index (χ0n) is 14.8. The Morgan fingerprint density at radius 1 is 1.19 bits per heavy atom. The van der Waals surface area contributed by atoms with Gasteiger partial charge in [-0.05, 0) is 42.8 Å². The maximum Gasteiger partial charge on any atom is 0.331 e. The highest BCUT2D eigenvalue weighted by atomic mass is 35.5. The summed E-state index contributed by atoms with van der Waals surface area (Å²) in [7, 11) is 0. The van der Waals surface area contributed by atoms with Gasteiger partial charge in [0.2, 0.25) is 0 Å². The molecular formula is C21H19ClN2O3. The first-order valence-corrected chi connectivity index (χ1v) is 8.76. The number of nitrogens with zero attached hydrogens (tertiary/aromatic N) is 2. The summed E-state index contributed by atoms with van der Waals surface area (Å²) in [5.41, 5.74) is 1.44. The van der Waals surface area contributed by atoms with Crippen molar-refractivity contribution >= 4 is 35.2 Å². The Morgan fingerprint density at radius 2 is 1.85 bits per heavy atom. The molecule has 138 valence electrons. The fourth-order valence-corrected chi connectivity index (χ4v) is 2.48. The molecule has 27 heavy (non-hydrogen) atoms. The Kier molecular flexibility index (Phi) is 7.60. The monoisotopic (exact) mass is 382 g/mol. The summed E-state index contributed by atoms with van der Waals surface area (Å²) in [5, 5.41) is 9.44. The van der Waals surface area contributed by atoms with Gasteiger partial charge in [-0.15, -0.1) is 0 Å². The molecule has 0 fully saturated rings. The maximum atomic E-state index is 12.7. The standard InChI is InChI=1S/C21H19ClN2O3/c1-16(27-20(25)13-10-17-8-11-18(22)12-9-17)21(26)24(15-5-14-23)19-6-3-2-4-7-19/h2-4,6-13,16H,5,15H2,1H3/b13-10+. The van der Waals surface area contributed by atoms with E-state index in [0.29, 0.717) is 10.7 Å². The van der Waals surface area contributed by atoms with Crippen LogP contribution in [-0.4, -0.2) is 24.5 Å². The van der Waals surface area contributed by atoms with E-state index in [1.54, 1.807) is 54.6 Å². The van der Waals surface area contributed by atoms with Crippen molar-refractivity contribution in [3.63, 3.8) is 0 Å². The van der Waals surface area contributed by atoms with Crippen molar-refractivity contribution in [1.82, 2.24) is 0 Å². The van der Waals surface area contributed by atoms with E-state index in [9.17, 15) is 9.59 Å². The van der Waals surface area contributed by atoms with Gasteiger partial charge in [-0.25, -0.2) is 4.79 Å². The summed E-state index contributed by atoms with van der Waals surface area (Å²) < 4.78 is 5.21. The number of halogens is 1. The van der Waals surface area contributed by atoms with Gasteiger partial charge in [0.05, 0.1) is 12.5 Å². The van der Waals surface area contributed by atoms with E-state index < -0.39 is 12.1 Å². The number of nitriles is 1. The van der Waals surface area contributed by atoms with Crippen LogP contribution in [0.25, 0.3) is 6.08 Å². The molecule has 2 aromatic rings. The third-order valence-corrected chi connectivity index (χ3v) is 3.96. The second kappa shape index (κ2) is 10.1. The molecule has 0 aliphatic rings. The van der Waals surface area contributed by atoms with Gasteiger partial charge in [-0.2, -0.15) is 5.26 Å². The fraction of sp³-hybridized carbons (Fsp3) is 0.190. The molecule has 2 rings (SSSR count). The van der Waals surface area contributed by atoms with Crippen molar-refractivity contribution in [1.29, 1.82) is 5.26 Å². The molecule has 0 spiro atoms. The van der Waals surface area contributed by atoms with Crippen LogP contribution < -0.4 is 4.90 Å². The first kappa shape index (κ1) is 20.2. The lowest BCUT2D eigenvalue weighted by Crippen LogP contribution is -2.40. The summed E-state index contributed by atoms with van der Waals surface area (Å²) >= 11 is 5.82. The molecule has 0 N–H and O–H groups in total. The minimum atomic E-state index is -0.980. The first-order valence-electron chi connectivity index (χ1n) is 8.39. The zero-order chi connectivity index (χ0) is 19.6. The lowest BCUT2D eigenvalue weighted by Gasteiger charge is -2.24. The molecule has 0 saturated heterocycles. The Bertz CT molecular complexity index is 842. The second-order valence-electron chi connectivity index (χ2n) is 5.70. The molecule has 0 bridgehead atoms. The Morgan fingerprint density at radius 3 is 2.48 bits per heavy atom. The number of hydrogen-bond acceptors (Lipinski definition) is 4. The van der Waals surface area contributed by atoms with E-state index in [0.717, 1.165) is 5.56 Å². The van der Waals surface area contributed by atoms with Crippen LogP contribution in [-0.2, 0) is 14.3 Å². The average Bonchev–Trinajstić information content (AvgIpc) is 2.68. The largest absolute Gasteiger partial charge is 0.449 e. The summed E-state index contributed by atoms with van der Waals surface area (Å²) in [4.78, 5) is 26.2. The van der Waals surface area contributed by atoms with Gasteiger partial charge in [-0.3, -0.25) is 4.79 Å². The molecule has 0 aliphatic carbocycles. The van der Waals surface area contributed by atoms with Crippen molar-refractivity contribution < 1.29 is 14.3 Å². The highest BCUT2D eigenvalue weighted by Crippen LogP contribution is 2.16. The van der Waals surface area contributed by atoms with Gasteiger partial charge in [0.25, 0.3) is 5.91 Å². The third kappa shape index (κ3) is 6.28. The van der Waals surface area contributed by atoms with Crippen molar-refractivity contribution in [2.45, 2.75) is 19.4 Å². The molecule has 1 amide bonds. The summed E-state index contributed by atoms with van der Waals surface area (Å²) in [6.07, 6.45) is 2.04. The molecule has 5 nitrogen and oxygen atoms in total. The molecule has 0 heterocycles. The van der Waals surface area contributed by atoms with Crippen LogP contribution in [0.1, 0.15) is 18.9 Å². The highest BCUT2D eigenvalue weighted by molar-refractivity contribution is 6.30. The normalized spacial score (nSPS) is 11.6. The average molecular weight is 383 g/mol. The van der Waals surface area contributed by atoms with Crippen LogP contribution in [0.15, 0.2) is 60.7 Å². The number of esters is 1. The lowest BCUT2D eigenvalue weighted by molar-refractivity contribution is -0.149. The lowest BCUT2D eigenvalue weighted by atomic mass is 10.2. The van der Waals surface area contributed by atoms with Gasteiger partial charge < -0.3 is 9.64 Å². The number of amides is 1. The number of carbonyl (C=O) groups is 2. The zero-order valence-corrected chi connectivity index (χ0v) is 15.6. The Hall–Kier alpha value is -3.10. The number of carbonyl (C=O) groups excluding carboxylic acids is 2. The first-order chi connectivity index (χ1) is 13.0. The number of hydrogen-bond donors (Lipinski definition) is 0. The summed E-state index contributed by atoms with van der Waals surface area (Å²) in [6.45, 7) is 1.74. The van der Waals surface area contributed by atoms with E-state index in [1.807, 2.05) is 12.1 Å². The topological polar surface area (TPSA) is 70.4 Å². The predicted molar refractivity (Wildman–Crippen MR) is 105 cm³/mol. The Balaban J connectivity index is 2.02. The van der Waals surface area contributed by atoms with Crippen molar-refractivity contribution in [3.8, 4) is 6.07 Å². The van der Waals surface area contributed by atoms with Gasteiger partial charge in [0.1, 0.15) is 0 Å². The van der Waals surface area contributed by atoms with Crippen molar-refractivity contribution in [2.75, 3.05) is 11.4 Å². The summed E-state index contributed by atoms with van der Waals surface area (Å²) in [5.74, 6) is -1.01. The van der Waals surface area contributed by atoms with Crippen molar-refractivity contribution in [3.05, 3.63) is 71.3 Å². The van der Waals surface area contributed by atoms with Crippen LogP contribution in [0.3, 0.4) is 0 Å². The van der Waals surface area contributed by atoms with E-state index in [4.69, 9.17) is 21.6 Å². The van der Waals surface area contributed by atoms with Gasteiger partial charge >= 0.3 is 5.97 Å². The molecule has 1 unspecified atom stereocenters. The maximum absolute atomic E-state index is 12.7.